The van der Waals surface area contributed by atoms with Gasteiger partial charge in [-0.05, 0) is 24.6 Å². The number of hydrogen-bond donors (Lipinski definition) is 2. The topological polar surface area (TPSA) is 86.9 Å². The van der Waals surface area contributed by atoms with E-state index < -0.39 is 0 Å². The fourth-order valence-corrected chi connectivity index (χ4v) is 2.02. The highest BCUT2D eigenvalue weighted by atomic mass is 16.3. The molecule has 1 fully saturated rings. The number of benzene rings is 1. The molecule has 0 bridgehead atoms. The molecular formula is C13H17N3O3. The van der Waals surface area contributed by atoms with E-state index >= 15 is 0 Å². The molecule has 3 N–H and O–H groups in total. The lowest BCUT2D eigenvalue weighted by Crippen LogP contribution is -2.38. The summed E-state index contributed by atoms with van der Waals surface area (Å²) in [5, 5.41) is 9.53. The molecule has 0 unspecified atom stereocenters. The third-order valence-corrected chi connectivity index (χ3v) is 3.24. The van der Waals surface area contributed by atoms with E-state index in [0.717, 1.165) is 6.42 Å². The molecule has 1 saturated heterocycles. The smallest absolute Gasteiger partial charge is 0.254 e. The van der Waals surface area contributed by atoms with Crippen molar-refractivity contribution < 1.29 is 14.7 Å². The maximum Gasteiger partial charge on any atom is 0.254 e. The molecule has 2 amide bonds. The van der Waals surface area contributed by atoms with Gasteiger partial charge >= 0.3 is 0 Å². The number of nitrogen functional groups attached to an aromatic ring is 1. The first kappa shape index (κ1) is 13.2. The molecule has 2 rings (SSSR count). The number of amides is 2. The minimum atomic E-state index is -0.265. The van der Waals surface area contributed by atoms with Gasteiger partial charge in [0.1, 0.15) is 12.3 Å². The zero-order chi connectivity index (χ0) is 14.0. The molecule has 0 aliphatic carbocycles. The molecule has 19 heavy (non-hydrogen) atoms. The van der Waals surface area contributed by atoms with Crippen molar-refractivity contribution in [2.75, 3.05) is 32.4 Å². The lowest BCUT2D eigenvalue weighted by Gasteiger charge is -2.20. The van der Waals surface area contributed by atoms with Crippen molar-refractivity contribution in [1.29, 1.82) is 0 Å². The molecule has 6 nitrogen and oxygen atoms in total. The molecule has 1 aromatic carbocycles. The fourth-order valence-electron chi connectivity index (χ4n) is 2.02. The van der Waals surface area contributed by atoms with Gasteiger partial charge in [-0.3, -0.25) is 9.59 Å². The van der Waals surface area contributed by atoms with Gasteiger partial charge in [-0.15, -0.1) is 0 Å². The van der Waals surface area contributed by atoms with Crippen LogP contribution in [0, 0.1) is 0 Å². The number of phenols is 1. The van der Waals surface area contributed by atoms with Gasteiger partial charge in [-0.2, -0.15) is 0 Å². The van der Waals surface area contributed by atoms with E-state index in [4.69, 9.17) is 5.73 Å². The number of hydrogen-bond acceptors (Lipinski definition) is 4. The van der Waals surface area contributed by atoms with Crippen LogP contribution in [0.3, 0.4) is 0 Å². The minimum absolute atomic E-state index is 0.0699. The third-order valence-electron chi connectivity index (χ3n) is 3.24. The van der Waals surface area contributed by atoms with Gasteiger partial charge < -0.3 is 20.6 Å². The molecule has 0 saturated carbocycles. The van der Waals surface area contributed by atoms with Crippen LogP contribution in [0.15, 0.2) is 18.2 Å². The van der Waals surface area contributed by atoms with Crippen molar-refractivity contribution in [1.82, 2.24) is 9.80 Å². The van der Waals surface area contributed by atoms with Crippen molar-refractivity contribution in [3.8, 4) is 5.75 Å². The monoisotopic (exact) mass is 263 g/mol. The molecule has 6 heteroatoms. The van der Waals surface area contributed by atoms with Crippen LogP contribution in [0.1, 0.15) is 16.8 Å². The van der Waals surface area contributed by atoms with Crippen LogP contribution in [0.5, 0.6) is 5.75 Å². The predicted octanol–water partition coefficient (Wildman–Crippen LogP) is 0.279. The quantitative estimate of drug-likeness (QED) is 0.563. The largest absolute Gasteiger partial charge is 0.506 e. The first-order valence-electron chi connectivity index (χ1n) is 6.11. The number of nitrogens with zero attached hydrogens (tertiary/aromatic N) is 2. The van der Waals surface area contributed by atoms with Crippen molar-refractivity contribution in [2.24, 2.45) is 0 Å². The number of nitrogens with two attached hydrogens (primary N) is 1. The van der Waals surface area contributed by atoms with Crippen LogP contribution in [-0.2, 0) is 4.79 Å². The van der Waals surface area contributed by atoms with E-state index in [1.54, 1.807) is 18.0 Å². The van der Waals surface area contributed by atoms with Crippen LogP contribution in [0.25, 0.3) is 0 Å². The second kappa shape index (κ2) is 5.17. The van der Waals surface area contributed by atoms with Crippen molar-refractivity contribution in [3.63, 3.8) is 0 Å². The maximum absolute atomic E-state index is 12.3. The lowest BCUT2D eigenvalue weighted by molar-refractivity contribution is -0.129. The van der Waals surface area contributed by atoms with Gasteiger partial charge in [0.15, 0.2) is 0 Å². The minimum Gasteiger partial charge on any atom is -0.506 e. The molecule has 102 valence electrons. The van der Waals surface area contributed by atoms with Gasteiger partial charge in [0, 0.05) is 25.7 Å². The van der Waals surface area contributed by atoms with Gasteiger partial charge in [-0.25, -0.2) is 0 Å². The van der Waals surface area contributed by atoms with Crippen LogP contribution >= 0.6 is 0 Å². The highest BCUT2D eigenvalue weighted by Gasteiger charge is 2.23. The number of rotatable bonds is 1. The highest BCUT2D eigenvalue weighted by molar-refractivity contribution is 5.97. The molecule has 1 aliphatic heterocycles. The summed E-state index contributed by atoms with van der Waals surface area (Å²) in [5.74, 6) is -0.464. The molecular weight excluding hydrogens is 246 g/mol. The van der Waals surface area contributed by atoms with Crippen LogP contribution < -0.4 is 5.73 Å². The standard InChI is InChI=1S/C13H17N3O3/c1-15-5-2-6-16(8-12(15)18)13(19)9-3-4-10(14)11(17)7-9/h3-4,7,17H,2,5-6,8,14H2,1H3. The summed E-state index contributed by atoms with van der Waals surface area (Å²) in [6.07, 6.45) is 0.745. The Balaban J connectivity index is 2.18. The second-order valence-electron chi connectivity index (χ2n) is 4.67. The highest BCUT2D eigenvalue weighted by Crippen LogP contribution is 2.21. The number of anilines is 1. The van der Waals surface area contributed by atoms with Gasteiger partial charge in [-0.1, -0.05) is 0 Å². The SMILES string of the molecule is CN1CCCN(C(=O)c2ccc(N)c(O)c2)CC1=O. The summed E-state index contributed by atoms with van der Waals surface area (Å²) in [7, 11) is 1.73. The molecule has 1 aromatic rings. The van der Waals surface area contributed by atoms with Gasteiger partial charge in [0.05, 0.1) is 5.69 Å². The molecule has 0 radical (unpaired) electrons. The van der Waals surface area contributed by atoms with E-state index in [1.807, 2.05) is 0 Å². The first-order chi connectivity index (χ1) is 8.99. The van der Waals surface area contributed by atoms with Crippen molar-refractivity contribution in [3.05, 3.63) is 23.8 Å². The number of aromatic hydroxyl groups is 1. The van der Waals surface area contributed by atoms with E-state index in [9.17, 15) is 14.7 Å². The van der Waals surface area contributed by atoms with Crippen LogP contribution in [-0.4, -0.2) is 53.4 Å². The molecule has 1 heterocycles. The average molecular weight is 263 g/mol. The Labute approximate surface area is 111 Å². The van der Waals surface area contributed by atoms with Gasteiger partial charge in [0.2, 0.25) is 5.91 Å². The normalized spacial score (nSPS) is 16.4. The van der Waals surface area contributed by atoms with E-state index in [-0.39, 0.29) is 29.8 Å². The first-order valence-corrected chi connectivity index (χ1v) is 6.11. The third kappa shape index (κ3) is 2.78. The second-order valence-corrected chi connectivity index (χ2v) is 4.67. The Morgan fingerprint density at radius 1 is 1.37 bits per heavy atom. The number of likely N-dealkylation sites (N-methyl/N-ethyl adjacent to an activating group) is 1. The predicted molar refractivity (Wildman–Crippen MR) is 70.7 cm³/mol. The Kier molecular flexibility index (Phi) is 3.59. The lowest BCUT2D eigenvalue weighted by atomic mass is 10.1. The maximum atomic E-state index is 12.3. The number of phenolic OH excluding ortho intramolecular Hbond substituents is 1. The zero-order valence-electron chi connectivity index (χ0n) is 10.8. The van der Waals surface area contributed by atoms with E-state index in [2.05, 4.69) is 0 Å². The average Bonchev–Trinajstić information content (AvgIpc) is 2.55. The van der Waals surface area contributed by atoms with Gasteiger partial charge in [0.25, 0.3) is 5.91 Å². The zero-order valence-corrected chi connectivity index (χ0v) is 10.8. The van der Waals surface area contributed by atoms with E-state index in [1.165, 1.54) is 17.0 Å². The van der Waals surface area contributed by atoms with Crippen molar-refractivity contribution in [2.45, 2.75) is 6.42 Å². The summed E-state index contributed by atoms with van der Waals surface area (Å²) >= 11 is 0. The Morgan fingerprint density at radius 3 is 2.79 bits per heavy atom. The summed E-state index contributed by atoms with van der Waals surface area (Å²) in [5.41, 5.74) is 6.06. The van der Waals surface area contributed by atoms with E-state index in [0.29, 0.717) is 18.7 Å². The number of carbonyl (C=O) groups excluding carboxylic acids is 2. The van der Waals surface area contributed by atoms with Crippen LogP contribution in [0.2, 0.25) is 0 Å². The summed E-state index contributed by atoms with van der Waals surface area (Å²) in [4.78, 5) is 27.1. The van der Waals surface area contributed by atoms with Crippen molar-refractivity contribution >= 4 is 17.5 Å². The summed E-state index contributed by atoms with van der Waals surface area (Å²) < 4.78 is 0. The number of carbonyl (C=O) groups is 2. The molecule has 0 spiro atoms. The molecule has 0 aromatic heterocycles. The Hall–Kier alpha value is -2.24. The fraction of sp³-hybridized carbons (Fsp3) is 0.385. The summed E-state index contributed by atoms with van der Waals surface area (Å²) in [6, 6.07) is 4.36. The molecule has 0 atom stereocenters. The Morgan fingerprint density at radius 2 is 2.11 bits per heavy atom. The summed E-state index contributed by atoms with van der Waals surface area (Å²) in [6.45, 7) is 1.25. The molecule has 1 aliphatic rings. The van der Waals surface area contributed by atoms with Crippen LogP contribution in [0.4, 0.5) is 5.69 Å². The Bertz CT molecular complexity index is 516.